The van der Waals surface area contributed by atoms with Crippen molar-refractivity contribution in [3.63, 3.8) is 0 Å². The van der Waals surface area contributed by atoms with Gasteiger partial charge in [0.25, 0.3) is 10.2 Å². The van der Waals surface area contributed by atoms with Crippen molar-refractivity contribution in [2.45, 2.75) is 19.4 Å². The minimum Gasteiger partial charge on any atom is -0.330 e. The summed E-state index contributed by atoms with van der Waals surface area (Å²) in [7, 11) is -1.76. The number of nitrogens with two attached hydrogens (primary N) is 1. The lowest BCUT2D eigenvalue weighted by molar-refractivity contribution is 0.255. The van der Waals surface area contributed by atoms with Gasteiger partial charge in [0, 0.05) is 26.7 Å². The number of nitrogens with zero attached hydrogens (tertiary/aromatic N) is 2. The molecule has 0 bridgehead atoms. The summed E-state index contributed by atoms with van der Waals surface area (Å²) in [5.41, 5.74) is 6.66. The van der Waals surface area contributed by atoms with Crippen molar-refractivity contribution < 1.29 is 8.42 Å². The van der Waals surface area contributed by atoms with E-state index in [4.69, 9.17) is 5.73 Å². The SMILES string of the molecule is CN(Cc1ccccc1)S(=O)(=O)N1CCCC(CN)C1. The summed E-state index contributed by atoms with van der Waals surface area (Å²) in [6.07, 6.45) is 1.91. The zero-order valence-electron chi connectivity index (χ0n) is 11.9. The van der Waals surface area contributed by atoms with Gasteiger partial charge in [0.15, 0.2) is 0 Å². The Morgan fingerprint density at radius 1 is 1.35 bits per heavy atom. The number of hydrogen-bond acceptors (Lipinski definition) is 3. The molecule has 1 aliphatic rings. The topological polar surface area (TPSA) is 66.6 Å². The van der Waals surface area contributed by atoms with Gasteiger partial charge in [0.2, 0.25) is 0 Å². The number of benzene rings is 1. The van der Waals surface area contributed by atoms with Crippen molar-refractivity contribution in [1.82, 2.24) is 8.61 Å². The van der Waals surface area contributed by atoms with E-state index < -0.39 is 10.2 Å². The summed E-state index contributed by atoms with van der Waals surface area (Å²) in [6, 6.07) is 9.63. The highest BCUT2D eigenvalue weighted by atomic mass is 32.2. The van der Waals surface area contributed by atoms with Crippen LogP contribution >= 0.6 is 0 Å². The highest BCUT2D eigenvalue weighted by Crippen LogP contribution is 2.20. The van der Waals surface area contributed by atoms with E-state index in [0.29, 0.717) is 26.2 Å². The third-order valence-corrected chi connectivity index (χ3v) is 5.68. The fraction of sp³-hybridized carbons (Fsp3) is 0.571. The van der Waals surface area contributed by atoms with E-state index in [-0.39, 0.29) is 5.92 Å². The molecule has 6 heteroatoms. The molecule has 1 aromatic rings. The van der Waals surface area contributed by atoms with Gasteiger partial charge in [0.05, 0.1) is 0 Å². The largest absolute Gasteiger partial charge is 0.330 e. The Bertz CT molecular complexity index is 518. The lowest BCUT2D eigenvalue weighted by Crippen LogP contribution is -2.47. The average Bonchev–Trinajstić information content (AvgIpc) is 2.48. The standard InChI is InChI=1S/C14H23N3O2S/c1-16(11-13-6-3-2-4-7-13)20(18,19)17-9-5-8-14(10-15)12-17/h2-4,6-7,14H,5,8-12,15H2,1H3. The van der Waals surface area contributed by atoms with Gasteiger partial charge >= 0.3 is 0 Å². The highest BCUT2D eigenvalue weighted by molar-refractivity contribution is 7.86. The normalized spacial score (nSPS) is 21.2. The van der Waals surface area contributed by atoms with E-state index in [1.807, 2.05) is 30.3 Å². The molecule has 1 aliphatic heterocycles. The molecule has 2 rings (SSSR count). The van der Waals surface area contributed by atoms with Gasteiger partial charge in [0.1, 0.15) is 0 Å². The Hall–Kier alpha value is -0.950. The fourth-order valence-corrected chi connectivity index (χ4v) is 4.01. The molecule has 1 atom stereocenters. The van der Waals surface area contributed by atoms with Gasteiger partial charge in [-0.25, -0.2) is 0 Å². The number of rotatable bonds is 5. The molecule has 0 aromatic heterocycles. The maximum absolute atomic E-state index is 12.6. The Kier molecular flexibility index (Phi) is 5.15. The van der Waals surface area contributed by atoms with Crippen LogP contribution in [-0.4, -0.2) is 43.7 Å². The van der Waals surface area contributed by atoms with Crippen molar-refractivity contribution >= 4 is 10.2 Å². The van der Waals surface area contributed by atoms with Crippen LogP contribution in [0.1, 0.15) is 18.4 Å². The number of piperidine rings is 1. The van der Waals surface area contributed by atoms with Crippen LogP contribution in [0.3, 0.4) is 0 Å². The van der Waals surface area contributed by atoms with Gasteiger partial charge in [-0.1, -0.05) is 30.3 Å². The molecule has 0 aliphatic carbocycles. The lowest BCUT2D eigenvalue weighted by Gasteiger charge is -2.34. The quantitative estimate of drug-likeness (QED) is 0.883. The zero-order valence-corrected chi connectivity index (χ0v) is 12.7. The molecule has 0 radical (unpaired) electrons. The first-order valence-electron chi connectivity index (χ1n) is 6.99. The van der Waals surface area contributed by atoms with Gasteiger partial charge in [-0.3, -0.25) is 0 Å². The maximum atomic E-state index is 12.6. The van der Waals surface area contributed by atoms with Crippen molar-refractivity contribution in [2.24, 2.45) is 11.7 Å². The molecule has 20 heavy (non-hydrogen) atoms. The van der Waals surface area contributed by atoms with Crippen molar-refractivity contribution in [3.05, 3.63) is 35.9 Å². The molecule has 1 heterocycles. The minimum atomic E-state index is -3.39. The molecular weight excluding hydrogens is 274 g/mol. The molecular formula is C14H23N3O2S. The van der Waals surface area contributed by atoms with Crippen LogP contribution in [0.2, 0.25) is 0 Å². The summed E-state index contributed by atoms with van der Waals surface area (Å²) >= 11 is 0. The Balaban J connectivity index is 2.05. The molecule has 112 valence electrons. The molecule has 2 N–H and O–H groups in total. The zero-order chi connectivity index (χ0) is 14.6. The summed E-state index contributed by atoms with van der Waals surface area (Å²) in [5, 5.41) is 0. The van der Waals surface area contributed by atoms with E-state index in [2.05, 4.69) is 0 Å². The van der Waals surface area contributed by atoms with Crippen molar-refractivity contribution in [1.29, 1.82) is 0 Å². The molecule has 0 spiro atoms. The first-order chi connectivity index (χ1) is 9.54. The van der Waals surface area contributed by atoms with Crippen LogP contribution in [0.25, 0.3) is 0 Å². The van der Waals surface area contributed by atoms with Gasteiger partial charge in [-0.2, -0.15) is 17.0 Å². The summed E-state index contributed by atoms with van der Waals surface area (Å²) < 4.78 is 28.1. The first kappa shape index (κ1) is 15.4. The van der Waals surface area contributed by atoms with E-state index in [0.717, 1.165) is 18.4 Å². The minimum absolute atomic E-state index is 0.281. The van der Waals surface area contributed by atoms with Crippen LogP contribution in [0.4, 0.5) is 0 Å². The summed E-state index contributed by atoms with van der Waals surface area (Å²) in [5.74, 6) is 0.281. The first-order valence-corrected chi connectivity index (χ1v) is 8.39. The van der Waals surface area contributed by atoms with Gasteiger partial charge in [-0.15, -0.1) is 0 Å². The van der Waals surface area contributed by atoms with E-state index in [9.17, 15) is 8.42 Å². The summed E-state index contributed by atoms with van der Waals surface area (Å²) in [6.45, 7) is 2.08. The van der Waals surface area contributed by atoms with Crippen LogP contribution in [0.15, 0.2) is 30.3 Å². The van der Waals surface area contributed by atoms with E-state index in [1.54, 1.807) is 11.4 Å². The summed E-state index contributed by atoms with van der Waals surface area (Å²) in [4.78, 5) is 0. The lowest BCUT2D eigenvalue weighted by atomic mass is 10.0. The fourth-order valence-electron chi connectivity index (χ4n) is 2.55. The molecule has 1 unspecified atom stereocenters. The predicted octanol–water partition coefficient (Wildman–Crippen LogP) is 1.03. The highest BCUT2D eigenvalue weighted by Gasteiger charge is 2.31. The van der Waals surface area contributed by atoms with Crippen molar-refractivity contribution in [3.8, 4) is 0 Å². The molecule has 5 nitrogen and oxygen atoms in total. The Labute approximate surface area is 121 Å². The van der Waals surface area contributed by atoms with Gasteiger partial charge in [-0.05, 0) is 30.9 Å². The van der Waals surface area contributed by atoms with E-state index in [1.165, 1.54) is 4.31 Å². The molecule has 1 aromatic carbocycles. The smallest absolute Gasteiger partial charge is 0.282 e. The Morgan fingerprint density at radius 2 is 2.05 bits per heavy atom. The number of hydrogen-bond donors (Lipinski definition) is 1. The van der Waals surface area contributed by atoms with Crippen LogP contribution in [0.5, 0.6) is 0 Å². The van der Waals surface area contributed by atoms with Crippen LogP contribution in [0, 0.1) is 5.92 Å². The monoisotopic (exact) mass is 297 g/mol. The third kappa shape index (κ3) is 3.58. The van der Waals surface area contributed by atoms with Crippen molar-refractivity contribution in [2.75, 3.05) is 26.7 Å². The van der Waals surface area contributed by atoms with E-state index >= 15 is 0 Å². The Morgan fingerprint density at radius 3 is 2.70 bits per heavy atom. The van der Waals surface area contributed by atoms with Crippen LogP contribution in [-0.2, 0) is 16.8 Å². The molecule has 1 fully saturated rings. The third-order valence-electron chi connectivity index (χ3n) is 3.78. The molecule has 0 amide bonds. The molecule has 1 saturated heterocycles. The second-order valence-electron chi connectivity index (χ2n) is 5.35. The molecule has 0 saturated carbocycles. The second kappa shape index (κ2) is 6.67. The average molecular weight is 297 g/mol. The second-order valence-corrected chi connectivity index (χ2v) is 7.39. The van der Waals surface area contributed by atoms with Gasteiger partial charge < -0.3 is 5.73 Å². The predicted molar refractivity (Wildman–Crippen MR) is 80.2 cm³/mol. The van der Waals surface area contributed by atoms with Crippen LogP contribution < -0.4 is 5.73 Å². The maximum Gasteiger partial charge on any atom is 0.282 e.